The number of aromatic hydroxyl groups is 1. The van der Waals surface area contributed by atoms with Crippen molar-refractivity contribution in [1.29, 1.82) is 0 Å². The number of benzene rings is 1. The van der Waals surface area contributed by atoms with Crippen LogP contribution in [-0.4, -0.2) is 17.8 Å². The van der Waals surface area contributed by atoms with Gasteiger partial charge in [-0.3, -0.25) is 0 Å². The molecule has 1 aromatic carbocycles. The van der Waals surface area contributed by atoms with Crippen molar-refractivity contribution in [2.75, 3.05) is 11.9 Å². The largest absolute Gasteiger partial charge is 0.508 e. The number of nitrogens with two attached hydrogens (primary N) is 1. The van der Waals surface area contributed by atoms with Gasteiger partial charge in [0.05, 0.1) is 12.6 Å². The molecule has 1 aliphatic rings. The summed E-state index contributed by atoms with van der Waals surface area (Å²) in [5.41, 5.74) is 1.92. The third kappa shape index (κ3) is 1.46. The lowest BCUT2D eigenvalue weighted by Crippen LogP contribution is -2.24. The molecular weight excluding hydrogens is 168 g/mol. The fraction of sp³-hybridized carbons (Fsp3) is 0.333. The van der Waals surface area contributed by atoms with Crippen LogP contribution in [0.1, 0.15) is 5.56 Å². The number of phenolic OH excluding ortho intramolecular Hbond substituents is 1. The van der Waals surface area contributed by atoms with Gasteiger partial charge in [0.2, 0.25) is 0 Å². The number of phenols is 1. The van der Waals surface area contributed by atoms with E-state index in [2.05, 4.69) is 10.2 Å². The van der Waals surface area contributed by atoms with Crippen LogP contribution in [0.25, 0.3) is 0 Å². The van der Waals surface area contributed by atoms with E-state index in [1.54, 1.807) is 6.07 Å². The Balaban J connectivity index is 2.20. The monoisotopic (exact) mass is 180 g/mol. The van der Waals surface area contributed by atoms with E-state index in [9.17, 15) is 5.11 Å². The Morgan fingerprint density at radius 1 is 1.62 bits per heavy atom. The zero-order chi connectivity index (χ0) is 9.26. The van der Waals surface area contributed by atoms with E-state index >= 15 is 0 Å². The summed E-state index contributed by atoms with van der Waals surface area (Å²) in [6.45, 7) is 0.453. The van der Waals surface area contributed by atoms with Crippen LogP contribution in [0.2, 0.25) is 0 Å². The van der Waals surface area contributed by atoms with Crippen LogP contribution in [-0.2, 0) is 11.3 Å². The summed E-state index contributed by atoms with van der Waals surface area (Å²) < 4.78 is 0. The predicted octanol–water partition coefficient (Wildman–Crippen LogP) is 0.619. The summed E-state index contributed by atoms with van der Waals surface area (Å²) >= 11 is 0. The molecule has 0 aliphatic carbocycles. The molecule has 4 heteroatoms. The third-order valence-corrected chi connectivity index (χ3v) is 2.26. The number of rotatable bonds is 2. The zero-order valence-corrected chi connectivity index (χ0v) is 7.16. The van der Waals surface area contributed by atoms with Gasteiger partial charge in [0, 0.05) is 17.7 Å². The first-order valence-corrected chi connectivity index (χ1v) is 4.20. The van der Waals surface area contributed by atoms with E-state index in [1.807, 2.05) is 12.1 Å². The standard InChI is InChI=1S/C9H12N2O2/c10-13-5-6-4-7-8(11-6)2-1-3-9(7)12/h1-3,6,11-12H,4-5,10H2. The van der Waals surface area contributed by atoms with Crippen molar-refractivity contribution in [3.05, 3.63) is 23.8 Å². The lowest BCUT2D eigenvalue weighted by molar-refractivity contribution is 0.129. The maximum atomic E-state index is 9.51. The molecule has 0 saturated heterocycles. The van der Waals surface area contributed by atoms with Gasteiger partial charge in [-0.2, -0.15) is 0 Å². The Kier molecular flexibility index (Phi) is 2.08. The van der Waals surface area contributed by atoms with Gasteiger partial charge >= 0.3 is 0 Å². The van der Waals surface area contributed by atoms with Crippen molar-refractivity contribution < 1.29 is 9.94 Å². The van der Waals surface area contributed by atoms with E-state index in [-0.39, 0.29) is 6.04 Å². The molecule has 0 bridgehead atoms. The van der Waals surface area contributed by atoms with Crippen molar-refractivity contribution >= 4 is 5.69 Å². The molecule has 0 saturated carbocycles. The summed E-state index contributed by atoms with van der Waals surface area (Å²) in [6.07, 6.45) is 0.763. The maximum absolute atomic E-state index is 9.51. The number of nitrogens with one attached hydrogen (secondary N) is 1. The second-order valence-electron chi connectivity index (χ2n) is 3.18. The molecule has 1 aromatic rings. The third-order valence-electron chi connectivity index (χ3n) is 2.26. The van der Waals surface area contributed by atoms with Gasteiger partial charge in [0.1, 0.15) is 5.75 Å². The summed E-state index contributed by atoms with van der Waals surface area (Å²) in [5.74, 6) is 5.32. The zero-order valence-electron chi connectivity index (χ0n) is 7.16. The van der Waals surface area contributed by atoms with Crippen LogP contribution in [0.15, 0.2) is 18.2 Å². The minimum Gasteiger partial charge on any atom is -0.508 e. The fourth-order valence-electron chi connectivity index (χ4n) is 1.66. The molecule has 0 spiro atoms. The first kappa shape index (κ1) is 8.34. The van der Waals surface area contributed by atoms with E-state index in [0.29, 0.717) is 12.4 Å². The second kappa shape index (κ2) is 3.24. The van der Waals surface area contributed by atoms with Gasteiger partial charge < -0.3 is 15.3 Å². The van der Waals surface area contributed by atoms with Crippen molar-refractivity contribution in [2.45, 2.75) is 12.5 Å². The van der Waals surface area contributed by atoms with Gasteiger partial charge in [-0.15, -0.1) is 0 Å². The lowest BCUT2D eigenvalue weighted by Gasteiger charge is -2.07. The van der Waals surface area contributed by atoms with Crippen LogP contribution in [0.3, 0.4) is 0 Å². The van der Waals surface area contributed by atoms with E-state index < -0.39 is 0 Å². The number of anilines is 1. The van der Waals surface area contributed by atoms with Gasteiger partial charge in [-0.1, -0.05) is 6.07 Å². The summed E-state index contributed by atoms with van der Waals surface area (Å²) in [6, 6.07) is 5.61. The molecule has 70 valence electrons. The molecule has 2 rings (SSSR count). The Labute approximate surface area is 76.3 Å². The minimum atomic E-state index is 0.174. The van der Waals surface area contributed by atoms with Crippen molar-refractivity contribution in [1.82, 2.24) is 0 Å². The predicted molar refractivity (Wildman–Crippen MR) is 49.4 cm³/mol. The van der Waals surface area contributed by atoms with Gasteiger partial charge in [-0.25, -0.2) is 5.90 Å². The quantitative estimate of drug-likeness (QED) is 0.583. The highest BCUT2D eigenvalue weighted by molar-refractivity contribution is 5.61. The number of hydrogen-bond donors (Lipinski definition) is 3. The summed E-state index contributed by atoms with van der Waals surface area (Å²) in [4.78, 5) is 4.55. The Hall–Kier alpha value is -1.26. The highest BCUT2D eigenvalue weighted by Gasteiger charge is 2.22. The van der Waals surface area contributed by atoms with Crippen LogP contribution in [0.4, 0.5) is 5.69 Å². The van der Waals surface area contributed by atoms with E-state index in [1.165, 1.54) is 0 Å². The fourth-order valence-corrected chi connectivity index (χ4v) is 1.66. The molecule has 0 radical (unpaired) electrons. The van der Waals surface area contributed by atoms with Gasteiger partial charge in [0.25, 0.3) is 0 Å². The summed E-state index contributed by atoms with van der Waals surface area (Å²) in [5, 5.41) is 12.7. The molecule has 1 unspecified atom stereocenters. The minimum absolute atomic E-state index is 0.174. The van der Waals surface area contributed by atoms with Crippen LogP contribution >= 0.6 is 0 Å². The molecule has 13 heavy (non-hydrogen) atoms. The van der Waals surface area contributed by atoms with Crippen LogP contribution in [0, 0.1) is 0 Å². The molecule has 1 heterocycles. The Morgan fingerprint density at radius 3 is 3.15 bits per heavy atom. The highest BCUT2D eigenvalue weighted by atomic mass is 16.6. The molecule has 1 atom stereocenters. The molecule has 4 N–H and O–H groups in total. The maximum Gasteiger partial charge on any atom is 0.120 e. The number of fused-ring (bicyclic) bond motifs is 1. The average molecular weight is 180 g/mol. The molecule has 0 amide bonds. The molecular formula is C9H12N2O2. The van der Waals surface area contributed by atoms with Crippen LogP contribution in [0.5, 0.6) is 5.75 Å². The topological polar surface area (TPSA) is 67.5 Å². The SMILES string of the molecule is NOCC1Cc2c(O)cccc2N1. The smallest absolute Gasteiger partial charge is 0.120 e. The first-order chi connectivity index (χ1) is 6.31. The Bertz CT molecular complexity index is 314. The summed E-state index contributed by atoms with van der Waals surface area (Å²) in [7, 11) is 0. The second-order valence-corrected chi connectivity index (χ2v) is 3.18. The molecule has 0 fully saturated rings. The molecule has 1 aliphatic heterocycles. The average Bonchev–Trinajstić information content (AvgIpc) is 2.49. The lowest BCUT2D eigenvalue weighted by atomic mass is 10.1. The van der Waals surface area contributed by atoms with Gasteiger partial charge in [0.15, 0.2) is 0 Å². The van der Waals surface area contributed by atoms with Crippen molar-refractivity contribution in [3.8, 4) is 5.75 Å². The molecule has 0 aromatic heterocycles. The molecule has 4 nitrogen and oxygen atoms in total. The van der Waals surface area contributed by atoms with Crippen LogP contribution < -0.4 is 11.2 Å². The van der Waals surface area contributed by atoms with Crippen molar-refractivity contribution in [3.63, 3.8) is 0 Å². The number of hydrogen-bond acceptors (Lipinski definition) is 4. The Morgan fingerprint density at radius 2 is 2.46 bits per heavy atom. The normalized spacial score (nSPS) is 19.6. The highest BCUT2D eigenvalue weighted by Crippen LogP contribution is 2.32. The van der Waals surface area contributed by atoms with Gasteiger partial charge in [-0.05, 0) is 12.1 Å². The van der Waals surface area contributed by atoms with Crippen molar-refractivity contribution in [2.24, 2.45) is 5.90 Å². The first-order valence-electron chi connectivity index (χ1n) is 4.20. The van der Waals surface area contributed by atoms with E-state index in [4.69, 9.17) is 5.90 Å². The van der Waals surface area contributed by atoms with E-state index in [0.717, 1.165) is 17.7 Å².